The molecule has 1 aromatic rings. The Balaban J connectivity index is 2.68. The zero-order chi connectivity index (χ0) is 15.3. The first-order chi connectivity index (χ1) is 9.07. The summed E-state index contributed by atoms with van der Waals surface area (Å²) in [6, 6.07) is 6.38. The summed E-state index contributed by atoms with van der Waals surface area (Å²) in [5, 5.41) is 9.64. The van der Waals surface area contributed by atoms with Crippen LogP contribution in [0.15, 0.2) is 18.2 Å². The zero-order valence-electron chi connectivity index (χ0n) is 13.3. The van der Waals surface area contributed by atoms with Crippen LogP contribution in [-0.2, 0) is 4.79 Å². The van der Waals surface area contributed by atoms with Gasteiger partial charge in [0.25, 0.3) is 0 Å². The number of rotatable bonds is 2. The Morgan fingerprint density at radius 3 is 2.55 bits per heavy atom. The van der Waals surface area contributed by atoms with Crippen molar-refractivity contribution in [1.82, 2.24) is 0 Å². The SMILES string of the molecule is Cc1ccc2c(c1)N(C(C)(C)C(=O)O)C(C)(C)C[C@@H]2C. The molecule has 0 bridgehead atoms. The molecule has 0 saturated carbocycles. The van der Waals surface area contributed by atoms with Crippen molar-refractivity contribution in [2.75, 3.05) is 4.90 Å². The van der Waals surface area contributed by atoms with E-state index in [2.05, 4.69) is 50.8 Å². The number of benzene rings is 1. The van der Waals surface area contributed by atoms with Crippen LogP contribution in [0.5, 0.6) is 0 Å². The fourth-order valence-corrected chi connectivity index (χ4v) is 3.69. The monoisotopic (exact) mass is 275 g/mol. The number of aryl methyl sites for hydroxylation is 1. The summed E-state index contributed by atoms with van der Waals surface area (Å²) in [6.07, 6.45) is 0.958. The third-order valence-electron chi connectivity index (χ3n) is 4.45. The van der Waals surface area contributed by atoms with Crippen LogP contribution in [0.25, 0.3) is 0 Å². The number of carboxylic acids is 1. The van der Waals surface area contributed by atoms with Crippen molar-refractivity contribution in [2.24, 2.45) is 0 Å². The Hall–Kier alpha value is -1.51. The van der Waals surface area contributed by atoms with E-state index < -0.39 is 11.5 Å². The number of hydrogen-bond donors (Lipinski definition) is 1. The Kier molecular flexibility index (Phi) is 3.35. The lowest BCUT2D eigenvalue weighted by molar-refractivity contribution is -0.142. The summed E-state index contributed by atoms with van der Waals surface area (Å²) in [7, 11) is 0. The molecule has 1 N–H and O–H groups in total. The minimum absolute atomic E-state index is 0.178. The third kappa shape index (κ3) is 2.19. The van der Waals surface area contributed by atoms with E-state index in [-0.39, 0.29) is 5.54 Å². The van der Waals surface area contributed by atoms with E-state index in [4.69, 9.17) is 0 Å². The minimum Gasteiger partial charge on any atom is -0.480 e. The molecule has 0 unspecified atom stereocenters. The van der Waals surface area contributed by atoms with E-state index in [9.17, 15) is 9.90 Å². The maximum atomic E-state index is 11.7. The average molecular weight is 275 g/mol. The van der Waals surface area contributed by atoms with Gasteiger partial charge in [-0.3, -0.25) is 0 Å². The Labute approximate surface area is 121 Å². The van der Waals surface area contributed by atoms with Crippen LogP contribution >= 0.6 is 0 Å². The van der Waals surface area contributed by atoms with Gasteiger partial charge in [0, 0.05) is 11.2 Å². The zero-order valence-corrected chi connectivity index (χ0v) is 13.3. The second kappa shape index (κ2) is 4.51. The molecule has 0 saturated heterocycles. The number of carboxylic acid groups (broad SMARTS) is 1. The van der Waals surface area contributed by atoms with Crippen LogP contribution in [0.1, 0.15) is 58.1 Å². The quantitative estimate of drug-likeness (QED) is 0.888. The second-order valence-electron chi connectivity index (χ2n) is 7.18. The summed E-state index contributed by atoms with van der Waals surface area (Å²) in [5.74, 6) is -0.339. The number of carbonyl (C=O) groups is 1. The van der Waals surface area contributed by atoms with Gasteiger partial charge in [-0.15, -0.1) is 0 Å². The van der Waals surface area contributed by atoms with Crippen molar-refractivity contribution in [3.63, 3.8) is 0 Å². The first-order valence-electron chi connectivity index (χ1n) is 7.21. The van der Waals surface area contributed by atoms with Crippen LogP contribution in [0, 0.1) is 6.92 Å². The van der Waals surface area contributed by atoms with Gasteiger partial charge in [0.05, 0.1) is 0 Å². The van der Waals surface area contributed by atoms with E-state index >= 15 is 0 Å². The summed E-state index contributed by atoms with van der Waals surface area (Å²) in [6.45, 7) is 12.1. The maximum Gasteiger partial charge on any atom is 0.328 e. The first-order valence-corrected chi connectivity index (χ1v) is 7.21. The van der Waals surface area contributed by atoms with Crippen molar-refractivity contribution in [3.8, 4) is 0 Å². The van der Waals surface area contributed by atoms with Crippen molar-refractivity contribution < 1.29 is 9.90 Å². The largest absolute Gasteiger partial charge is 0.480 e. The van der Waals surface area contributed by atoms with E-state index in [1.165, 1.54) is 11.1 Å². The summed E-state index contributed by atoms with van der Waals surface area (Å²) in [4.78, 5) is 13.8. The maximum absolute atomic E-state index is 11.7. The van der Waals surface area contributed by atoms with Crippen LogP contribution in [0.3, 0.4) is 0 Å². The van der Waals surface area contributed by atoms with Crippen LogP contribution in [0.4, 0.5) is 5.69 Å². The molecule has 0 radical (unpaired) electrons. The topological polar surface area (TPSA) is 40.5 Å². The van der Waals surface area contributed by atoms with Gasteiger partial charge in [0.1, 0.15) is 5.54 Å². The summed E-state index contributed by atoms with van der Waals surface area (Å²) < 4.78 is 0. The van der Waals surface area contributed by atoms with E-state index in [1.54, 1.807) is 13.8 Å². The van der Waals surface area contributed by atoms with Gasteiger partial charge in [-0.05, 0) is 64.2 Å². The molecule has 1 aliphatic rings. The van der Waals surface area contributed by atoms with Gasteiger partial charge in [-0.25, -0.2) is 4.79 Å². The van der Waals surface area contributed by atoms with E-state index in [0.717, 1.165) is 12.1 Å². The van der Waals surface area contributed by atoms with E-state index in [0.29, 0.717) is 5.92 Å². The van der Waals surface area contributed by atoms with Gasteiger partial charge < -0.3 is 10.0 Å². The number of fused-ring (bicyclic) bond motifs is 1. The van der Waals surface area contributed by atoms with Crippen LogP contribution in [-0.4, -0.2) is 22.2 Å². The minimum atomic E-state index is -0.924. The molecule has 1 aliphatic heterocycles. The van der Waals surface area contributed by atoms with Crippen molar-refractivity contribution >= 4 is 11.7 Å². The molecule has 110 valence electrons. The molecular formula is C17H25NO2. The molecule has 0 spiro atoms. The number of aliphatic carboxylic acids is 1. The average Bonchev–Trinajstić information content (AvgIpc) is 2.25. The molecule has 20 heavy (non-hydrogen) atoms. The van der Waals surface area contributed by atoms with Crippen molar-refractivity contribution in [2.45, 2.75) is 65.0 Å². The molecule has 3 nitrogen and oxygen atoms in total. The molecular weight excluding hydrogens is 250 g/mol. The van der Waals surface area contributed by atoms with Gasteiger partial charge in [-0.1, -0.05) is 19.1 Å². The van der Waals surface area contributed by atoms with Gasteiger partial charge in [0.15, 0.2) is 0 Å². The molecule has 0 amide bonds. The molecule has 2 rings (SSSR count). The predicted molar refractivity (Wildman–Crippen MR) is 82.5 cm³/mol. The Morgan fingerprint density at radius 2 is 2.00 bits per heavy atom. The Bertz CT molecular complexity index is 546. The number of anilines is 1. The van der Waals surface area contributed by atoms with Crippen LogP contribution in [0.2, 0.25) is 0 Å². The highest BCUT2D eigenvalue weighted by Gasteiger charge is 2.47. The fourth-order valence-electron chi connectivity index (χ4n) is 3.69. The molecule has 0 aliphatic carbocycles. The van der Waals surface area contributed by atoms with Gasteiger partial charge in [0.2, 0.25) is 0 Å². The van der Waals surface area contributed by atoms with Crippen LogP contribution < -0.4 is 4.90 Å². The molecule has 3 heteroatoms. The number of nitrogens with zero attached hydrogens (tertiary/aromatic N) is 1. The predicted octanol–water partition coefficient (Wildman–Crippen LogP) is 3.95. The highest BCUT2D eigenvalue weighted by atomic mass is 16.4. The highest BCUT2D eigenvalue weighted by molar-refractivity contribution is 5.84. The fraction of sp³-hybridized carbons (Fsp3) is 0.588. The standard InChI is InChI=1S/C17H25NO2/c1-11-7-8-13-12(2)10-16(3,4)18(14(13)9-11)17(5,6)15(19)20/h7-9,12H,10H2,1-6H3,(H,19,20)/t12-/m0/s1. The Morgan fingerprint density at radius 1 is 1.40 bits per heavy atom. The van der Waals surface area contributed by atoms with E-state index in [1.807, 2.05) is 0 Å². The van der Waals surface area contributed by atoms with Gasteiger partial charge >= 0.3 is 5.97 Å². The molecule has 0 aromatic heterocycles. The molecule has 1 aromatic carbocycles. The molecule has 1 heterocycles. The highest BCUT2D eigenvalue weighted by Crippen LogP contribution is 2.46. The van der Waals surface area contributed by atoms with Gasteiger partial charge in [-0.2, -0.15) is 0 Å². The number of hydrogen-bond acceptors (Lipinski definition) is 2. The summed E-state index contributed by atoms with van der Waals surface area (Å²) in [5.41, 5.74) is 2.39. The lowest BCUT2D eigenvalue weighted by atomic mass is 9.77. The third-order valence-corrected chi connectivity index (χ3v) is 4.45. The lowest BCUT2D eigenvalue weighted by Gasteiger charge is -2.53. The first kappa shape index (κ1) is 14.9. The van der Waals surface area contributed by atoms with Crippen molar-refractivity contribution in [1.29, 1.82) is 0 Å². The molecule has 0 fully saturated rings. The van der Waals surface area contributed by atoms with Crippen molar-refractivity contribution in [3.05, 3.63) is 29.3 Å². The normalized spacial score (nSPS) is 21.5. The summed E-state index contributed by atoms with van der Waals surface area (Å²) >= 11 is 0. The second-order valence-corrected chi connectivity index (χ2v) is 7.18. The smallest absolute Gasteiger partial charge is 0.328 e. The molecule has 1 atom stereocenters. The lowest BCUT2D eigenvalue weighted by Crippen LogP contribution is -2.61.